The fourth-order valence-electron chi connectivity index (χ4n) is 10.7. The van der Waals surface area contributed by atoms with Gasteiger partial charge in [-0.15, -0.1) is 0 Å². The molecule has 6 N–H and O–H groups in total. The second-order valence-electron chi connectivity index (χ2n) is 27.8. The molecule has 3 unspecified atom stereocenters. The molecule has 0 heterocycles. The van der Waals surface area contributed by atoms with Gasteiger partial charge < -0.3 is 31.3 Å². The number of amides is 3. The minimum Gasteiger partial charge on any atom is -0.507 e. The summed E-state index contributed by atoms with van der Waals surface area (Å²) in [5.41, 5.74) is 0.749. The van der Waals surface area contributed by atoms with Gasteiger partial charge >= 0.3 is 0 Å². The van der Waals surface area contributed by atoms with Crippen LogP contribution in [0.4, 0.5) is 0 Å². The van der Waals surface area contributed by atoms with Crippen LogP contribution in [-0.4, -0.2) is 69.0 Å². The van der Waals surface area contributed by atoms with Crippen LogP contribution in [0.2, 0.25) is 0 Å². The first-order valence-corrected chi connectivity index (χ1v) is 42.3. The number of Topliss-reactive ketones (excluding diaryl/α,β-unsaturated/α-hetero) is 3. The summed E-state index contributed by atoms with van der Waals surface area (Å²) in [5, 5.41) is 37.8. The predicted octanol–water partition coefficient (Wildman–Crippen LogP) is 26.2. The van der Waals surface area contributed by atoms with Gasteiger partial charge in [-0.3, -0.25) is 28.8 Å². The Balaban J connectivity index is 0.000000867. The normalized spacial score (nSPS) is 13.3. The van der Waals surface area contributed by atoms with E-state index in [9.17, 15) is 44.1 Å². The van der Waals surface area contributed by atoms with Gasteiger partial charge in [-0.25, -0.2) is 0 Å². The molecule has 0 radical (unpaired) electrons. The van der Waals surface area contributed by atoms with Gasteiger partial charge in [0.1, 0.15) is 34.6 Å². The lowest BCUT2D eigenvalue weighted by molar-refractivity contribution is -0.120. The zero-order chi connectivity index (χ0) is 83.8. The highest BCUT2D eigenvalue weighted by Crippen LogP contribution is 2.20. The van der Waals surface area contributed by atoms with Crippen molar-refractivity contribution >= 4 is 35.1 Å². The topological polar surface area (TPSA) is 199 Å². The Morgan fingerprint density at radius 3 is 0.878 bits per heavy atom. The second-order valence-corrected chi connectivity index (χ2v) is 27.8. The Kier molecular flexibility index (Phi) is 67.9. The Bertz CT molecular complexity index is 3720. The van der Waals surface area contributed by atoms with E-state index in [-0.39, 0.29) is 87.0 Å². The van der Waals surface area contributed by atoms with Gasteiger partial charge in [-0.05, 0) is 217 Å². The Morgan fingerprint density at radius 2 is 0.557 bits per heavy atom. The molecule has 0 saturated carbocycles. The first-order chi connectivity index (χ1) is 56.1. The van der Waals surface area contributed by atoms with Crippen LogP contribution < -0.4 is 16.0 Å². The molecule has 0 fully saturated rings. The lowest BCUT2D eigenvalue weighted by Crippen LogP contribution is -2.37. The average Bonchev–Trinajstić information content (AvgIpc) is 0.887. The molecule has 3 atom stereocenters. The quantitative estimate of drug-likeness (QED) is 0.0235. The predicted molar refractivity (Wildman–Crippen MR) is 489 cm³/mol. The van der Waals surface area contributed by atoms with Crippen LogP contribution in [0.5, 0.6) is 17.2 Å². The van der Waals surface area contributed by atoms with Crippen molar-refractivity contribution in [2.24, 2.45) is 5.92 Å². The van der Waals surface area contributed by atoms with E-state index in [2.05, 4.69) is 268 Å². The molecule has 12 nitrogen and oxygen atoms in total. The number of nitrogens with one attached hydrogen (secondary N) is 3. The fraction of sp³-hybridized carbons (Fsp3) is 0.398. The first kappa shape index (κ1) is 103. The summed E-state index contributed by atoms with van der Waals surface area (Å²) in [5.74, 6) is -0.459. The van der Waals surface area contributed by atoms with Crippen LogP contribution in [0.3, 0.4) is 0 Å². The monoisotopic (exact) mass is 1560 g/mol. The van der Waals surface area contributed by atoms with Gasteiger partial charge in [-0.1, -0.05) is 295 Å². The molecule has 0 aliphatic rings. The molecule has 115 heavy (non-hydrogen) atoms. The van der Waals surface area contributed by atoms with E-state index in [1.807, 2.05) is 20.8 Å². The summed E-state index contributed by atoms with van der Waals surface area (Å²) in [6.07, 6.45) is 109. The number of carbonyl (C=O) groups is 6. The SMILES string of the molecule is CC/C=C\C/C=C\C/C=C\C/C=C\C/C=C\C/C=C\C/C=C\CCC(=O)CC(C)C(C)NC(=O)c1ccccc1O.CC/C=C\C/C=C\C/C=C\C/C=C\C/C=C\C/C=C\C/C=C\CCC(=O)CCC(C)NC(=O)c1ccccc1O.CC/C=C\C/C=C\C/C=C\C/C=C\C/C=C\CCCC(=O)CCCNC(=O)c1ccccc1O. The largest absolute Gasteiger partial charge is 0.507 e. The van der Waals surface area contributed by atoms with Crippen molar-refractivity contribution in [3.63, 3.8) is 0 Å². The molecule has 3 rings (SSSR count). The third kappa shape index (κ3) is 63.6. The third-order valence-electron chi connectivity index (χ3n) is 17.6. The van der Waals surface area contributed by atoms with E-state index >= 15 is 0 Å². The lowest BCUT2D eigenvalue weighted by Gasteiger charge is -2.21. The highest BCUT2D eigenvalue weighted by Gasteiger charge is 2.20. The van der Waals surface area contributed by atoms with Gasteiger partial charge in [-0.2, -0.15) is 0 Å². The highest BCUT2D eigenvalue weighted by molar-refractivity contribution is 5.98. The first-order valence-electron chi connectivity index (χ1n) is 42.3. The van der Waals surface area contributed by atoms with Crippen molar-refractivity contribution in [3.05, 3.63) is 320 Å². The number of allylic oxidation sites excluding steroid dienone is 38. The molecule has 3 aromatic carbocycles. The van der Waals surface area contributed by atoms with Crippen molar-refractivity contribution in [3.8, 4) is 17.2 Å². The van der Waals surface area contributed by atoms with E-state index in [0.29, 0.717) is 57.9 Å². The van der Waals surface area contributed by atoms with E-state index in [0.717, 1.165) is 148 Å². The molecule has 0 saturated heterocycles. The zero-order valence-corrected chi connectivity index (χ0v) is 70.5. The number of para-hydroxylation sites is 3. The minimum atomic E-state index is -0.327. The van der Waals surface area contributed by atoms with Crippen molar-refractivity contribution < 1.29 is 44.1 Å². The standard InChI is InChI=1S/C37H51NO3.C36H49NO3.C30H41NO3/c1-4-5-6-7-8-9-10-11-12-13-14-15-16-17-18-19-20-21-22-23-24-25-28-34(39)31-32(2)33(3)38-37(41)35-29-26-27-30-36(35)40;1-3-4-5-6-7-8-9-10-11-12-13-14-15-16-17-18-19-20-21-22-23-24-27-33(38)31-30-32(2)37-36(40)34-28-25-26-29-35(34)39;1-2-3-4-5-6-7-8-9-10-11-12-13-14-15-16-17-18-22-27(32)23-21-26-31-30(34)28-24-19-20-25-29(28)33/h5-6,8-9,11-12,14-15,17-18,20-21,23-24,26-27,29-30,32-33,40H,4,7,10,13,16,19,22,25,28,31H2,1-3H3,(H,38,41);4-5,7-8,10-11,13-14,16-17,19-20,22-23,25-26,28-29,32,39H,3,6,9,12,15,18,21,24,27,30-31H2,1-2H3,(H,37,40);3-4,6-7,9-10,12-13,15-16,19-20,24-25,33H,2,5,8,11,14,17-18,21-23,26H2,1H3,(H,31,34)/b6-5-,9-8-,12-11-,15-14-,18-17-,21-20-,24-23-;5-4-,8-7-,11-10-,14-13-,17-16-,20-19-,23-22-;4-3-,7-6-,10-9-,13-12-,16-15-. The third-order valence-corrected chi connectivity index (χ3v) is 17.6. The van der Waals surface area contributed by atoms with E-state index in [1.54, 1.807) is 54.6 Å². The van der Waals surface area contributed by atoms with Crippen LogP contribution in [0, 0.1) is 5.92 Å². The number of ketones is 3. The van der Waals surface area contributed by atoms with Crippen LogP contribution in [0.1, 0.15) is 272 Å². The smallest absolute Gasteiger partial charge is 0.255 e. The van der Waals surface area contributed by atoms with Gasteiger partial charge in [0, 0.05) is 57.2 Å². The molecule has 0 aliphatic heterocycles. The molecule has 622 valence electrons. The molecule has 0 bridgehead atoms. The lowest BCUT2D eigenvalue weighted by atomic mass is 9.95. The van der Waals surface area contributed by atoms with Crippen molar-refractivity contribution in [2.75, 3.05) is 6.54 Å². The van der Waals surface area contributed by atoms with Crippen molar-refractivity contribution in [1.82, 2.24) is 16.0 Å². The summed E-state index contributed by atoms with van der Waals surface area (Å²) in [4.78, 5) is 73.0. The summed E-state index contributed by atoms with van der Waals surface area (Å²) < 4.78 is 0. The van der Waals surface area contributed by atoms with E-state index in [4.69, 9.17) is 0 Å². The number of hydrogen-bond donors (Lipinski definition) is 6. The molecule has 0 aliphatic carbocycles. The number of rotatable bonds is 60. The highest BCUT2D eigenvalue weighted by atomic mass is 16.3. The Labute approximate surface area is 693 Å². The number of phenolic OH excluding ortho intramolecular Hbond substituents is 3. The van der Waals surface area contributed by atoms with Crippen molar-refractivity contribution in [1.29, 1.82) is 0 Å². The summed E-state index contributed by atoms with van der Waals surface area (Å²) in [6.45, 7) is 12.6. The fourth-order valence-corrected chi connectivity index (χ4v) is 10.7. The number of aromatic hydroxyl groups is 3. The van der Waals surface area contributed by atoms with Crippen LogP contribution >= 0.6 is 0 Å². The maximum atomic E-state index is 12.4. The average molecular weight is 1570 g/mol. The number of benzene rings is 3. The van der Waals surface area contributed by atoms with Gasteiger partial charge in [0.25, 0.3) is 17.7 Å². The van der Waals surface area contributed by atoms with Crippen LogP contribution in [0.25, 0.3) is 0 Å². The van der Waals surface area contributed by atoms with Crippen LogP contribution in [-0.2, 0) is 14.4 Å². The van der Waals surface area contributed by atoms with Crippen molar-refractivity contribution in [2.45, 2.75) is 253 Å². The molecule has 0 spiro atoms. The number of carbonyl (C=O) groups excluding carboxylic acids is 6. The van der Waals surface area contributed by atoms with Gasteiger partial charge in [0.15, 0.2) is 0 Å². The molecule has 0 aromatic heterocycles. The Hall–Kier alpha value is -10.5. The number of phenols is 3. The van der Waals surface area contributed by atoms with Gasteiger partial charge in [0.2, 0.25) is 0 Å². The summed E-state index contributed by atoms with van der Waals surface area (Å²) in [7, 11) is 0. The number of unbranched alkanes of at least 4 members (excludes halogenated alkanes) is 1. The summed E-state index contributed by atoms with van der Waals surface area (Å²) >= 11 is 0. The molecular formula is C103H141N3O9. The molecule has 3 amide bonds. The maximum absolute atomic E-state index is 12.4. The zero-order valence-electron chi connectivity index (χ0n) is 70.5. The second kappa shape index (κ2) is 76.2. The summed E-state index contributed by atoms with van der Waals surface area (Å²) in [6, 6.07) is 19.0. The maximum Gasteiger partial charge on any atom is 0.255 e. The van der Waals surface area contributed by atoms with Crippen LogP contribution in [0.15, 0.2) is 304 Å². The van der Waals surface area contributed by atoms with Gasteiger partial charge in [0.05, 0.1) is 16.7 Å². The molecule has 12 heteroatoms. The Morgan fingerprint density at radius 1 is 0.296 bits per heavy atom. The van der Waals surface area contributed by atoms with E-state index < -0.39 is 0 Å². The molecule has 3 aromatic rings. The number of hydrogen-bond acceptors (Lipinski definition) is 9. The van der Waals surface area contributed by atoms with E-state index in [1.165, 1.54) is 18.2 Å². The minimum absolute atomic E-state index is 0.0141. The molecular weight excluding hydrogens is 1420 g/mol.